The largest absolute Gasteiger partial charge is 0.496 e. The Hall–Kier alpha value is -1.24. The molecule has 94 valence electrons. The standard InChI is InChI=1S/C17H20O/c1-18-16-6-2-5-15-14(16)4-3-9-17(15)11-12-7-8-13(17)10-12/h2,5-8,12-13H,3-4,9-11H2,1H3. The molecule has 1 aromatic rings. The smallest absolute Gasteiger partial charge is 0.122 e. The molecule has 1 nitrogen and oxygen atoms in total. The number of ether oxygens (including phenoxy) is 1. The minimum atomic E-state index is 0.446. The van der Waals surface area contributed by atoms with Gasteiger partial charge < -0.3 is 4.74 Å². The highest BCUT2D eigenvalue weighted by atomic mass is 16.5. The van der Waals surface area contributed by atoms with Gasteiger partial charge in [-0.15, -0.1) is 0 Å². The van der Waals surface area contributed by atoms with Crippen molar-refractivity contribution in [3.05, 3.63) is 41.5 Å². The maximum absolute atomic E-state index is 5.58. The van der Waals surface area contributed by atoms with Crippen molar-refractivity contribution in [2.45, 2.75) is 37.5 Å². The zero-order chi connectivity index (χ0) is 12.2. The van der Waals surface area contributed by atoms with Gasteiger partial charge in [0, 0.05) is 5.41 Å². The lowest BCUT2D eigenvalue weighted by Crippen LogP contribution is -2.35. The summed E-state index contributed by atoms with van der Waals surface area (Å²) >= 11 is 0. The van der Waals surface area contributed by atoms with Crippen LogP contribution >= 0.6 is 0 Å². The van der Waals surface area contributed by atoms with Gasteiger partial charge in [-0.05, 0) is 61.1 Å². The van der Waals surface area contributed by atoms with Crippen LogP contribution in [0, 0.1) is 11.8 Å². The molecule has 1 heteroatoms. The van der Waals surface area contributed by atoms with E-state index in [1.807, 2.05) is 0 Å². The van der Waals surface area contributed by atoms with Crippen LogP contribution in [0.4, 0.5) is 0 Å². The Morgan fingerprint density at radius 2 is 2.22 bits per heavy atom. The number of benzene rings is 1. The van der Waals surface area contributed by atoms with E-state index in [-0.39, 0.29) is 0 Å². The fraction of sp³-hybridized carbons (Fsp3) is 0.529. The van der Waals surface area contributed by atoms with Gasteiger partial charge in [0.05, 0.1) is 7.11 Å². The molecular formula is C17H20O. The summed E-state index contributed by atoms with van der Waals surface area (Å²) in [6, 6.07) is 6.67. The molecule has 0 aromatic heterocycles. The fourth-order valence-electron chi connectivity index (χ4n) is 4.75. The number of methoxy groups -OCH3 is 1. The van der Waals surface area contributed by atoms with Crippen LogP contribution in [0.15, 0.2) is 30.4 Å². The summed E-state index contributed by atoms with van der Waals surface area (Å²) in [5.74, 6) is 2.74. The highest BCUT2D eigenvalue weighted by Gasteiger charge is 2.51. The van der Waals surface area contributed by atoms with E-state index < -0.39 is 0 Å². The monoisotopic (exact) mass is 240 g/mol. The first kappa shape index (κ1) is 10.7. The third kappa shape index (κ3) is 1.23. The molecule has 2 bridgehead atoms. The third-order valence-corrected chi connectivity index (χ3v) is 5.45. The summed E-state index contributed by atoms with van der Waals surface area (Å²) in [6.45, 7) is 0. The van der Waals surface area contributed by atoms with E-state index in [9.17, 15) is 0 Å². The number of rotatable bonds is 1. The Morgan fingerprint density at radius 1 is 1.28 bits per heavy atom. The molecule has 4 rings (SSSR count). The van der Waals surface area contributed by atoms with Crippen molar-refractivity contribution in [2.75, 3.05) is 7.11 Å². The van der Waals surface area contributed by atoms with E-state index in [1.54, 1.807) is 12.7 Å². The molecule has 0 N–H and O–H groups in total. The van der Waals surface area contributed by atoms with Crippen LogP contribution in [0.1, 0.15) is 36.8 Å². The molecule has 3 aliphatic carbocycles. The van der Waals surface area contributed by atoms with Gasteiger partial charge in [0.2, 0.25) is 0 Å². The molecule has 0 aliphatic heterocycles. The summed E-state index contributed by atoms with van der Waals surface area (Å²) in [6.07, 6.45) is 11.6. The summed E-state index contributed by atoms with van der Waals surface area (Å²) in [7, 11) is 1.80. The van der Waals surface area contributed by atoms with Crippen LogP contribution in [0.25, 0.3) is 0 Å². The molecule has 0 heterocycles. The van der Waals surface area contributed by atoms with E-state index in [0.717, 1.165) is 17.6 Å². The zero-order valence-electron chi connectivity index (χ0n) is 11.0. The highest BCUT2D eigenvalue weighted by Crippen LogP contribution is 2.58. The highest BCUT2D eigenvalue weighted by molar-refractivity contribution is 5.48. The molecule has 1 fully saturated rings. The molecule has 0 amide bonds. The summed E-state index contributed by atoms with van der Waals surface area (Å²) in [5.41, 5.74) is 3.54. The number of hydrogen-bond donors (Lipinski definition) is 0. The van der Waals surface area contributed by atoms with Gasteiger partial charge in [-0.3, -0.25) is 0 Å². The third-order valence-electron chi connectivity index (χ3n) is 5.45. The van der Waals surface area contributed by atoms with Crippen LogP contribution in [0.5, 0.6) is 5.75 Å². The zero-order valence-corrected chi connectivity index (χ0v) is 11.0. The predicted octanol–water partition coefficient (Wildman–Crippen LogP) is 3.87. The van der Waals surface area contributed by atoms with Crippen LogP contribution in [0.3, 0.4) is 0 Å². The van der Waals surface area contributed by atoms with Gasteiger partial charge in [-0.1, -0.05) is 24.3 Å². The van der Waals surface area contributed by atoms with E-state index in [0.29, 0.717) is 5.41 Å². The van der Waals surface area contributed by atoms with Crippen LogP contribution in [0.2, 0.25) is 0 Å². The van der Waals surface area contributed by atoms with Gasteiger partial charge in [0.1, 0.15) is 5.75 Å². The second-order valence-corrected chi connectivity index (χ2v) is 6.19. The minimum Gasteiger partial charge on any atom is -0.496 e. The van der Waals surface area contributed by atoms with Crippen molar-refractivity contribution in [3.8, 4) is 5.75 Å². The molecule has 0 radical (unpaired) electrons. The van der Waals surface area contributed by atoms with Gasteiger partial charge in [-0.2, -0.15) is 0 Å². The summed E-state index contributed by atoms with van der Waals surface area (Å²) < 4.78 is 5.58. The van der Waals surface area contributed by atoms with Crippen LogP contribution in [-0.2, 0) is 11.8 Å². The molecule has 1 spiro atoms. The van der Waals surface area contributed by atoms with Crippen LogP contribution < -0.4 is 4.74 Å². The Bertz CT molecular complexity index is 516. The van der Waals surface area contributed by atoms with Crippen molar-refractivity contribution in [3.63, 3.8) is 0 Å². The molecule has 3 aliphatic rings. The maximum atomic E-state index is 5.58. The first-order chi connectivity index (χ1) is 8.83. The lowest BCUT2D eigenvalue weighted by Gasteiger charge is -2.41. The normalized spacial score (nSPS) is 36.1. The van der Waals surface area contributed by atoms with E-state index in [4.69, 9.17) is 4.74 Å². The number of hydrogen-bond acceptors (Lipinski definition) is 1. The van der Waals surface area contributed by atoms with Crippen molar-refractivity contribution >= 4 is 0 Å². The Balaban J connectivity index is 1.89. The average Bonchev–Trinajstić information content (AvgIpc) is 3.00. The van der Waals surface area contributed by atoms with E-state index in [2.05, 4.69) is 30.4 Å². The molecule has 1 aromatic carbocycles. The lowest BCUT2D eigenvalue weighted by molar-refractivity contribution is 0.298. The lowest BCUT2D eigenvalue weighted by atomic mass is 9.63. The first-order valence-corrected chi connectivity index (χ1v) is 7.18. The van der Waals surface area contributed by atoms with Gasteiger partial charge in [0.25, 0.3) is 0 Å². The summed E-state index contributed by atoms with van der Waals surface area (Å²) in [4.78, 5) is 0. The Morgan fingerprint density at radius 3 is 2.94 bits per heavy atom. The Labute approximate surface area is 109 Å². The number of fused-ring (bicyclic) bond motifs is 5. The van der Waals surface area contributed by atoms with Gasteiger partial charge in [0.15, 0.2) is 0 Å². The van der Waals surface area contributed by atoms with E-state index in [1.165, 1.54) is 37.7 Å². The second-order valence-electron chi connectivity index (χ2n) is 6.19. The topological polar surface area (TPSA) is 9.23 Å². The Kier molecular flexibility index (Phi) is 2.15. The number of allylic oxidation sites excluding steroid dienone is 2. The first-order valence-electron chi connectivity index (χ1n) is 7.18. The van der Waals surface area contributed by atoms with Crippen molar-refractivity contribution < 1.29 is 4.74 Å². The SMILES string of the molecule is COc1cccc2c1CCCC21CC2C=CC1C2. The molecule has 0 saturated heterocycles. The maximum Gasteiger partial charge on any atom is 0.122 e. The van der Waals surface area contributed by atoms with Crippen molar-refractivity contribution in [1.29, 1.82) is 0 Å². The molecule has 1 saturated carbocycles. The predicted molar refractivity (Wildman–Crippen MR) is 73.0 cm³/mol. The minimum absolute atomic E-state index is 0.446. The molecule has 18 heavy (non-hydrogen) atoms. The average molecular weight is 240 g/mol. The van der Waals surface area contributed by atoms with Crippen molar-refractivity contribution in [1.82, 2.24) is 0 Å². The summed E-state index contributed by atoms with van der Waals surface area (Å²) in [5, 5.41) is 0. The van der Waals surface area contributed by atoms with Crippen molar-refractivity contribution in [2.24, 2.45) is 11.8 Å². The second kappa shape index (κ2) is 3.63. The molecular weight excluding hydrogens is 220 g/mol. The quantitative estimate of drug-likeness (QED) is 0.677. The van der Waals surface area contributed by atoms with Crippen LogP contribution in [-0.4, -0.2) is 7.11 Å². The van der Waals surface area contributed by atoms with E-state index >= 15 is 0 Å². The fourth-order valence-corrected chi connectivity index (χ4v) is 4.75. The molecule has 3 unspecified atom stereocenters. The van der Waals surface area contributed by atoms with Gasteiger partial charge in [-0.25, -0.2) is 0 Å². The van der Waals surface area contributed by atoms with Gasteiger partial charge >= 0.3 is 0 Å². The molecule has 3 atom stereocenters.